The van der Waals surface area contributed by atoms with Crippen LogP contribution in [0.25, 0.3) is 0 Å². The molecule has 4 nitrogen and oxygen atoms in total. The number of allylic oxidation sites excluding steroid dienone is 3. The third kappa shape index (κ3) is 3.98. The average molecular weight is 608 g/mol. The van der Waals surface area contributed by atoms with E-state index in [1.807, 2.05) is 29.2 Å². The third-order valence-electron chi connectivity index (χ3n) is 5.85. The molecule has 7 heteroatoms. The lowest BCUT2D eigenvalue weighted by atomic mass is 9.69. The van der Waals surface area contributed by atoms with Gasteiger partial charge in [0.05, 0.1) is 17.6 Å². The van der Waals surface area contributed by atoms with E-state index in [1.165, 1.54) is 4.88 Å². The van der Waals surface area contributed by atoms with E-state index in [1.54, 1.807) is 11.3 Å². The van der Waals surface area contributed by atoms with Crippen molar-refractivity contribution >= 4 is 61.3 Å². The van der Waals surface area contributed by atoms with Crippen LogP contribution in [0.5, 0.6) is 0 Å². The lowest BCUT2D eigenvalue weighted by molar-refractivity contribution is -0.118. The SMILES string of the molecule is CCc1sc(C2C(C#N)=C(N)N(c3ccc(I)cc3)C3=C2C(=O)CC(C)(C)C3)cc1Br. The molecule has 2 aromatic rings. The number of benzene rings is 1. The second-order valence-corrected chi connectivity index (χ2v) is 12.0. The molecule has 2 N–H and O–H groups in total. The van der Waals surface area contributed by atoms with Crippen molar-refractivity contribution in [2.24, 2.45) is 11.1 Å². The van der Waals surface area contributed by atoms with Crippen molar-refractivity contribution in [2.75, 3.05) is 4.90 Å². The highest BCUT2D eigenvalue weighted by Crippen LogP contribution is 2.51. The third-order valence-corrected chi connectivity index (χ3v) is 8.88. The smallest absolute Gasteiger partial charge is 0.162 e. The van der Waals surface area contributed by atoms with E-state index in [-0.39, 0.29) is 11.2 Å². The number of halogens is 2. The number of nitriles is 1. The second kappa shape index (κ2) is 8.38. The van der Waals surface area contributed by atoms with E-state index in [0.29, 0.717) is 17.8 Å². The van der Waals surface area contributed by atoms with Gasteiger partial charge < -0.3 is 5.73 Å². The first-order valence-corrected chi connectivity index (χ1v) is 12.9. The predicted molar refractivity (Wildman–Crippen MR) is 138 cm³/mol. The number of carbonyl (C=O) groups excluding carboxylic acids is 1. The molecule has 31 heavy (non-hydrogen) atoms. The Morgan fingerprint density at radius 1 is 1.32 bits per heavy atom. The molecule has 1 aliphatic carbocycles. The Morgan fingerprint density at radius 3 is 2.58 bits per heavy atom. The fourth-order valence-corrected chi connectivity index (χ4v) is 6.88. The van der Waals surface area contributed by atoms with Crippen LogP contribution in [-0.2, 0) is 11.2 Å². The summed E-state index contributed by atoms with van der Waals surface area (Å²) in [6.45, 7) is 6.34. The van der Waals surface area contributed by atoms with Gasteiger partial charge >= 0.3 is 0 Å². The van der Waals surface area contributed by atoms with Crippen molar-refractivity contribution < 1.29 is 4.79 Å². The summed E-state index contributed by atoms with van der Waals surface area (Å²) in [6.07, 6.45) is 2.08. The van der Waals surface area contributed by atoms with E-state index >= 15 is 0 Å². The lowest BCUT2D eigenvalue weighted by Crippen LogP contribution is -2.42. The second-order valence-electron chi connectivity index (χ2n) is 8.73. The molecular formula is C24H23BrIN3OS. The molecule has 160 valence electrons. The van der Waals surface area contributed by atoms with Crippen LogP contribution >= 0.6 is 49.9 Å². The van der Waals surface area contributed by atoms with Gasteiger partial charge in [0.2, 0.25) is 0 Å². The first kappa shape index (κ1) is 22.6. The summed E-state index contributed by atoms with van der Waals surface area (Å²) in [4.78, 5) is 17.7. The number of ketones is 1. The molecule has 0 fully saturated rings. The quantitative estimate of drug-likeness (QED) is 0.398. The predicted octanol–water partition coefficient (Wildman–Crippen LogP) is 6.62. The number of hydrogen-bond acceptors (Lipinski definition) is 5. The number of thiophene rings is 1. The number of rotatable bonds is 3. The van der Waals surface area contributed by atoms with Gasteiger partial charge in [0, 0.05) is 41.2 Å². The molecule has 1 aromatic heterocycles. The molecule has 0 saturated heterocycles. The summed E-state index contributed by atoms with van der Waals surface area (Å²) in [5.74, 6) is 0.111. The minimum absolute atomic E-state index is 0.106. The molecule has 1 unspecified atom stereocenters. The van der Waals surface area contributed by atoms with Crippen LogP contribution in [0.2, 0.25) is 0 Å². The minimum atomic E-state index is -0.412. The highest BCUT2D eigenvalue weighted by atomic mass is 127. The Bertz CT molecular complexity index is 1170. The maximum absolute atomic E-state index is 13.5. The molecular weight excluding hydrogens is 585 g/mol. The molecule has 2 heterocycles. The Hall–Kier alpha value is -1.63. The molecule has 0 radical (unpaired) electrons. The van der Waals surface area contributed by atoms with Crippen LogP contribution in [0.4, 0.5) is 5.69 Å². The largest absolute Gasteiger partial charge is 0.384 e. The fourth-order valence-electron chi connectivity index (χ4n) is 4.49. The molecule has 1 atom stereocenters. The number of anilines is 1. The van der Waals surface area contributed by atoms with Crippen LogP contribution in [-0.4, -0.2) is 5.78 Å². The molecule has 4 rings (SSSR count). The number of nitrogens with two attached hydrogens (primary N) is 1. The van der Waals surface area contributed by atoms with Gasteiger partial charge in [0.1, 0.15) is 5.82 Å². The van der Waals surface area contributed by atoms with Crippen molar-refractivity contribution in [2.45, 2.75) is 46.0 Å². The molecule has 0 saturated carbocycles. The summed E-state index contributed by atoms with van der Waals surface area (Å²) in [7, 11) is 0. The monoisotopic (exact) mass is 607 g/mol. The van der Waals surface area contributed by atoms with E-state index in [2.05, 4.69) is 71.4 Å². The van der Waals surface area contributed by atoms with Gasteiger partial charge in [0.15, 0.2) is 5.78 Å². The average Bonchev–Trinajstić information content (AvgIpc) is 3.07. The highest BCUT2D eigenvalue weighted by Gasteiger charge is 2.45. The summed E-state index contributed by atoms with van der Waals surface area (Å²) in [5, 5.41) is 10.2. The molecule has 0 bridgehead atoms. The molecule has 0 amide bonds. The summed E-state index contributed by atoms with van der Waals surface area (Å²) < 4.78 is 2.14. The van der Waals surface area contributed by atoms with E-state index in [4.69, 9.17) is 5.73 Å². The number of Topliss-reactive ketones (excluding diaryl/α,β-unsaturated/α-hetero) is 1. The van der Waals surface area contributed by atoms with Gasteiger partial charge in [-0.05, 0) is 87.1 Å². The van der Waals surface area contributed by atoms with Gasteiger partial charge in [-0.2, -0.15) is 5.26 Å². The van der Waals surface area contributed by atoms with Gasteiger partial charge in [-0.3, -0.25) is 9.69 Å². The number of hydrogen-bond donors (Lipinski definition) is 1. The summed E-state index contributed by atoms with van der Waals surface area (Å²) >= 11 is 7.56. The Labute approximate surface area is 209 Å². The zero-order chi connectivity index (χ0) is 22.5. The van der Waals surface area contributed by atoms with Crippen molar-refractivity contribution in [3.05, 3.63) is 70.8 Å². The van der Waals surface area contributed by atoms with Crippen LogP contribution < -0.4 is 10.6 Å². The van der Waals surface area contributed by atoms with E-state index in [0.717, 1.165) is 42.7 Å². The number of nitrogens with zero attached hydrogens (tertiary/aromatic N) is 2. The molecule has 1 aromatic carbocycles. The maximum Gasteiger partial charge on any atom is 0.162 e. The maximum atomic E-state index is 13.5. The summed E-state index contributed by atoms with van der Waals surface area (Å²) in [5.41, 5.74) is 9.48. The first-order valence-electron chi connectivity index (χ1n) is 10.2. The van der Waals surface area contributed by atoms with E-state index < -0.39 is 5.92 Å². The minimum Gasteiger partial charge on any atom is -0.384 e. The van der Waals surface area contributed by atoms with Crippen molar-refractivity contribution in [1.82, 2.24) is 0 Å². The standard InChI is InChI=1S/C24H23BrIN3OS/c1-4-19-16(25)9-20(31-19)21-15(12-27)23(28)29(14-7-5-13(26)6-8-14)17-10-24(2,3)11-18(30)22(17)21/h5-9,21H,4,10-11,28H2,1-3H3. The van der Waals surface area contributed by atoms with Gasteiger partial charge in [0.25, 0.3) is 0 Å². The fraction of sp³-hybridized carbons (Fsp3) is 0.333. The Kier molecular flexibility index (Phi) is 6.10. The Balaban J connectivity index is 1.99. The topological polar surface area (TPSA) is 70.1 Å². The highest BCUT2D eigenvalue weighted by molar-refractivity contribution is 14.1. The first-order chi connectivity index (χ1) is 14.7. The molecule has 2 aliphatic rings. The van der Waals surface area contributed by atoms with Crippen molar-refractivity contribution in [3.8, 4) is 6.07 Å². The zero-order valence-electron chi connectivity index (χ0n) is 17.6. The van der Waals surface area contributed by atoms with Crippen molar-refractivity contribution in [3.63, 3.8) is 0 Å². The van der Waals surface area contributed by atoms with E-state index in [9.17, 15) is 10.1 Å². The molecule has 1 aliphatic heterocycles. The number of aryl methyl sites for hydroxylation is 1. The zero-order valence-corrected chi connectivity index (χ0v) is 22.2. The van der Waals surface area contributed by atoms with Crippen LogP contribution in [0, 0.1) is 20.3 Å². The number of carbonyl (C=O) groups is 1. The van der Waals surface area contributed by atoms with Gasteiger partial charge in [-0.25, -0.2) is 0 Å². The van der Waals surface area contributed by atoms with Gasteiger partial charge in [-0.1, -0.05) is 20.8 Å². The van der Waals surface area contributed by atoms with Crippen LogP contribution in [0.15, 0.2) is 57.5 Å². The summed E-state index contributed by atoms with van der Waals surface area (Å²) in [6, 6.07) is 12.4. The normalized spacial score (nSPS) is 20.7. The van der Waals surface area contributed by atoms with Crippen LogP contribution in [0.1, 0.15) is 49.3 Å². The molecule has 0 spiro atoms. The Morgan fingerprint density at radius 2 is 2.00 bits per heavy atom. The lowest BCUT2D eigenvalue weighted by Gasteiger charge is -2.43. The van der Waals surface area contributed by atoms with Crippen molar-refractivity contribution in [1.29, 1.82) is 5.26 Å². The van der Waals surface area contributed by atoms with Gasteiger partial charge in [-0.15, -0.1) is 11.3 Å². The van der Waals surface area contributed by atoms with Crippen LogP contribution in [0.3, 0.4) is 0 Å².